The van der Waals surface area contributed by atoms with Crippen molar-refractivity contribution < 1.29 is 9.18 Å². The van der Waals surface area contributed by atoms with Crippen molar-refractivity contribution in [3.05, 3.63) is 59.7 Å². The first-order chi connectivity index (χ1) is 13.0. The predicted molar refractivity (Wildman–Crippen MR) is 103 cm³/mol. The summed E-state index contributed by atoms with van der Waals surface area (Å²) in [6, 6.07) is 9.98. The SMILES string of the molecule is CC1Cc2[nH]c(-c3ccnc(N)c3)c(Nc3ccccc3F)c2C(=O)N1C. The van der Waals surface area contributed by atoms with Crippen LogP contribution in [-0.2, 0) is 6.42 Å². The molecule has 0 fully saturated rings. The number of nitrogen functional groups attached to an aromatic ring is 1. The number of anilines is 3. The van der Waals surface area contributed by atoms with Gasteiger partial charge in [0.25, 0.3) is 5.91 Å². The highest BCUT2D eigenvalue weighted by molar-refractivity contribution is 6.06. The fourth-order valence-electron chi connectivity index (χ4n) is 3.39. The van der Waals surface area contributed by atoms with Crippen molar-refractivity contribution in [1.29, 1.82) is 0 Å². The first kappa shape index (κ1) is 17.1. The third-order valence-corrected chi connectivity index (χ3v) is 4.98. The number of nitrogens with one attached hydrogen (secondary N) is 2. The number of hydrogen-bond donors (Lipinski definition) is 3. The van der Waals surface area contributed by atoms with E-state index in [0.29, 0.717) is 34.9 Å². The van der Waals surface area contributed by atoms with Crippen molar-refractivity contribution in [2.75, 3.05) is 18.1 Å². The zero-order valence-corrected chi connectivity index (χ0v) is 15.1. The van der Waals surface area contributed by atoms with E-state index in [-0.39, 0.29) is 11.9 Å². The molecule has 3 aromatic rings. The Hall–Kier alpha value is -3.35. The van der Waals surface area contributed by atoms with E-state index in [9.17, 15) is 9.18 Å². The van der Waals surface area contributed by atoms with Gasteiger partial charge >= 0.3 is 0 Å². The fourth-order valence-corrected chi connectivity index (χ4v) is 3.39. The molecular weight excluding hydrogens is 345 g/mol. The van der Waals surface area contributed by atoms with Crippen molar-refractivity contribution in [3.63, 3.8) is 0 Å². The topological polar surface area (TPSA) is 87.0 Å². The van der Waals surface area contributed by atoms with Crippen LogP contribution in [0, 0.1) is 5.82 Å². The van der Waals surface area contributed by atoms with Crippen molar-refractivity contribution >= 4 is 23.1 Å². The third kappa shape index (κ3) is 2.91. The van der Waals surface area contributed by atoms with Gasteiger partial charge in [-0.3, -0.25) is 4.79 Å². The number of carbonyl (C=O) groups is 1. The number of likely N-dealkylation sites (N-methyl/N-ethyl adjacent to an activating group) is 1. The molecule has 2 aromatic heterocycles. The summed E-state index contributed by atoms with van der Waals surface area (Å²) in [5.41, 5.74) is 9.51. The van der Waals surface area contributed by atoms with Crippen LogP contribution in [0.15, 0.2) is 42.6 Å². The number of benzene rings is 1. The van der Waals surface area contributed by atoms with E-state index in [1.54, 1.807) is 48.5 Å². The van der Waals surface area contributed by atoms with E-state index in [1.165, 1.54) is 6.07 Å². The molecule has 7 heteroatoms. The molecule has 0 spiro atoms. The molecule has 138 valence electrons. The number of rotatable bonds is 3. The summed E-state index contributed by atoms with van der Waals surface area (Å²) in [6.07, 6.45) is 2.29. The van der Waals surface area contributed by atoms with Crippen molar-refractivity contribution in [2.24, 2.45) is 0 Å². The lowest BCUT2D eigenvalue weighted by atomic mass is 9.99. The maximum atomic E-state index is 14.2. The Labute approximate surface area is 156 Å². The van der Waals surface area contributed by atoms with Crippen molar-refractivity contribution in [1.82, 2.24) is 14.9 Å². The molecule has 1 aromatic carbocycles. The minimum atomic E-state index is -0.391. The number of H-pyrrole nitrogens is 1. The molecule has 1 unspecified atom stereocenters. The average Bonchev–Trinajstić information content (AvgIpc) is 3.00. The molecule has 0 radical (unpaired) electrons. The Balaban J connectivity index is 1.91. The molecule has 0 saturated carbocycles. The Morgan fingerprint density at radius 2 is 2.11 bits per heavy atom. The summed E-state index contributed by atoms with van der Waals surface area (Å²) < 4.78 is 14.2. The monoisotopic (exact) mass is 365 g/mol. The Morgan fingerprint density at radius 3 is 2.85 bits per heavy atom. The van der Waals surface area contributed by atoms with Gasteiger partial charge in [0, 0.05) is 37.0 Å². The van der Waals surface area contributed by atoms with E-state index in [1.807, 2.05) is 6.92 Å². The molecular formula is C20H20FN5O. The number of fused-ring (bicyclic) bond motifs is 1. The lowest BCUT2D eigenvalue weighted by Crippen LogP contribution is -2.41. The molecule has 0 bridgehead atoms. The molecule has 6 nitrogen and oxygen atoms in total. The summed E-state index contributed by atoms with van der Waals surface area (Å²) in [5.74, 6) is -0.126. The van der Waals surface area contributed by atoms with Gasteiger partial charge in [-0.05, 0) is 31.2 Å². The number of para-hydroxylation sites is 1. The smallest absolute Gasteiger partial charge is 0.257 e. The minimum Gasteiger partial charge on any atom is -0.384 e. The van der Waals surface area contributed by atoms with Crippen LogP contribution in [0.25, 0.3) is 11.3 Å². The normalized spacial score (nSPS) is 16.3. The maximum absolute atomic E-state index is 14.2. The molecule has 0 saturated heterocycles. The Kier molecular flexibility index (Phi) is 4.07. The van der Waals surface area contributed by atoms with Gasteiger partial charge in [0.15, 0.2) is 0 Å². The van der Waals surface area contributed by atoms with Crippen LogP contribution in [0.4, 0.5) is 21.6 Å². The number of carbonyl (C=O) groups excluding carboxylic acids is 1. The number of aromatic nitrogens is 2. The summed E-state index contributed by atoms with van der Waals surface area (Å²) in [7, 11) is 1.78. The van der Waals surface area contributed by atoms with Crippen molar-refractivity contribution in [3.8, 4) is 11.3 Å². The number of amides is 1. The molecule has 0 aliphatic carbocycles. The second-order valence-corrected chi connectivity index (χ2v) is 6.77. The van der Waals surface area contributed by atoms with Gasteiger partial charge in [0.05, 0.1) is 22.6 Å². The largest absolute Gasteiger partial charge is 0.384 e. The number of halogens is 1. The van der Waals surface area contributed by atoms with Crippen LogP contribution in [0.5, 0.6) is 0 Å². The summed E-state index contributed by atoms with van der Waals surface area (Å²) in [5, 5.41) is 3.12. The second-order valence-electron chi connectivity index (χ2n) is 6.77. The van der Waals surface area contributed by atoms with Crippen molar-refractivity contribution in [2.45, 2.75) is 19.4 Å². The number of nitrogens with two attached hydrogens (primary N) is 1. The summed E-state index contributed by atoms with van der Waals surface area (Å²) in [6.45, 7) is 2.00. The second kappa shape index (κ2) is 6.42. The van der Waals surface area contributed by atoms with Crippen LogP contribution in [0.2, 0.25) is 0 Å². The van der Waals surface area contributed by atoms with Gasteiger partial charge in [0.2, 0.25) is 0 Å². The molecule has 1 aliphatic rings. The van der Waals surface area contributed by atoms with Gasteiger partial charge < -0.3 is 20.9 Å². The van der Waals surface area contributed by atoms with Crippen LogP contribution in [0.3, 0.4) is 0 Å². The van der Waals surface area contributed by atoms with Crippen LogP contribution >= 0.6 is 0 Å². The van der Waals surface area contributed by atoms with E-state index in [4.69, 9.17) is 5.73 Å². The highest BCUT2D eigenvalue weighted by Crippen LogP contribution is 2.39. The predicted octanol–water partition coefficient (Wildman–Crippen LogP) is 3.56. The number of aromatic amines is 1. The number of hydrogen-bond acceptors (Lipinski definition) is 4. The number of pyridine rings is 1. The first-order valence-electron chi connectivity index (χ1n) is 8.71. The zero-order chi connectivity index (χ0) is 19.1. The standard InChI is InChI=1S/C20H20FN5O/c1-11-9-15-17(20(27)26(11)2)19(24-14-6-4-3-5-13(14)21)18(25-15)12-7-8-23-16(22)10-12/h3-8,10-11,24-25H,9H2,1-2H3,(H2,22,23). The highest BCUT2D eigenvalue weighted by Gasteiger charge is 2.33. The molecule has 1 atom stereocenters. The van der Waals surface area contributed by atoms with E-state index in [2.05, 4.69) is 15.3 Å². The lowest BCUT2D eigenvalue weighted by Gasteiger charge is -2.30. The minimum absolute atomic E-state index is 0.0697. The molecule has 1 amide bonds. The van der Waals surface area contributed by atoms with E-state index >= 15 is 0 Å². The van der Waals surface area contributed by atoms with E-state index in [0.717, 1.165) is 11.3 Å². The third-order valence-electron chi connectivity index (χ3n) is 4.98. The molecule has 1 aliphatic heterocycles. The first-order valence-corrected chi connectivity index (χ1v) is 8.71. The zero-order valence-electron chi connectivity index (χ0n) is 15.1. The Bertz CT molecular complexity index is 1030. The van der Waals surface area contributed by atoms with Crippen LogP contribution in [-0.4, -0.2) is 33.9 Å². The summed E-state index contributed by atoms with van der Waals surface area (Å²) in [4.78, 5) is 22.0. The Morgan fingerprint density at radius 1 is 1.33 bits per heavy atom. The average molecular weight is 365 g/mol. The highest BCUT2D eigenvalue weighted by atomic mass is 19.1. The van der Waals surface area contributed by atoms with Gasteiger partial charge in [-0.25, -0.2) is 9.37 Å². The van der Waals surface area contributed by atoms with Gasteiger partial charge in [-0.15, -0.1) is 0 Å². The van der Waals surface area contributed by atoms with Gasteiger partial charge in [0.1, 0.15) is 11.6 Å². The lowest BCUT2D eigenvalue weighted by molar-refractivity contribution is 0.0721. The number of nitrogens with zero attached hydrogens (tertiary/aromatic N) is 2. The van der Waals surface area contributed by atoms with Gasteiger partial charge in [-0.2, -0.15) is 0 Å². The summed E-state index contributed by atoms with van der Waals surface area (Å²) >= 11 is 0. The molecule has 27 heavy (non-hydrogen) atoms. The fraction of sp³-hybridized carbons (Fsp3) is 0.200. The molecule has 4 rings (SSSR count). The van der Waals surface area contributed by atoms with E-state index < -0.39 is 5.82 Å². The quantitative estimate of drug-likeness (QED) is 0.662. The molecule has 4 N–H and O–H groups in total. The maximum Gasteiger partial charge on any atom is 0.257 e. The van der Waals surface area contributed by atoms with Crippen LogP contribution < -0.4 is 11.1 Å². The van der Waals surface area contributed by atoms with Crippen LogP contribution in [0.1, 0.15) is 23.0 Å². The van der Waals surface area contributed by atoms with Gasteiger partial charge in [-0.1, -0.05) is 12.1 Å². The molecule has 3 heterocycles.